The van der Waals surface area contributed by atoms with Gasteiger partial charge in [-0.15, -0.1) is 6.42 Å². The van der Waals surface area contributed by atoms with E-state index in [1.165, 1.54) is 0 Å². The van der Waals surface area contributed by atoms with Gasteiger partial charge >= 0.3 is 0 Å². The van der Waals surface area contributed by atoms with E-state index in [0.717, 1.165) is 12.8 Å². The minimum atomic E-state index is 0. The summed E-state index contributed by atoms with van der Waals surface area (Å²) in [6, 6.07) is 0. The first-order valence-electron chi connectivity index (χ1n) is 2.39. The molecule has 1 atom stereocenters. The van der Waals surface area contributed by atoms with Crippen molar-refractivity contribution in [2.24, 2.45) is 5.92 Å². The minimum Gasteiger partial charge on any atom is -0.343 e. The van der Waals surface area contributed by atoms with Crippen molar-refractivity contribution in [3.8, 4) is 0 Å². The number of rotatable bonds is 2. The first-order chi connectivity index (χ1) is 2.77. The third kappa shape index (κ3) is 15.7. The molecule has 1 unspecified atom stereocenters. The predicted octanol–water partition coefficient (Wildman–Crippen LogP) is 2.07. The van der Waals surface area contributed by atoms with Gasteiger partial charge in [-0.1, -0.05) is 6.92 Å². The zero-order chi connectivity index (χ0) is 4.99. The molecule has 0 aliphatic rings. The molecule has 0 aromatic carbocycles. The molecule has 0 amide bonds. The van der Waals surface area contributed by atoms with Crippen LogP contribution in [-0.4, -0.2) is 0 Å². The SMILES string of the molecule is [CH2-]CCC([CH2-])C.[U].[Y]. The van der Waals surface area contributed by atoms with Gasteiger partial charge in [0.05, 0.1) is 0 Å². The second-order valence-corrected chi connectivity index (χ2v) is 1.75. The van der Waals surface area contributed by atoms with E-state index in [-0.39, 0.29) is 63.8 Å². The van der Waals surface area contributed by atoms with Crippen molar-refractivity contribution in [2.45, 2.75) is 19.8 Å². The van der Waals surface area contributed by atoms with Crippen molar-refractivity contribution in [3.05, 3.63) is 13.8 Å². The van der Waals surface area contributed by atoms with Crippen LogP contribution >= 0.6 is 0 Å². The van der Waals surface area contributed by atoms with Crippen LogP contribution in [0.25, 0.3) is 0 Å². The van der Waals surface area contributed by atoms with Gasteiger partial charge < -0.3 is 13.8 Å². The Morgan fingerprint density at radius 2 is 1.88 bits per heavy atom. The summed E-state index contributed by atoms with van der Waals surface area (Å²) in [6.45, 7) is 9.58. The van der Waals surface area contributed by atoms with Gasteiger partial charge in [-0.25, -0.2) is 0 Å². The summed E-state index contributed by atoms with van der Waals surface area (Å²) < 4.78 is 0. The molecule has 2 heteroatoms. The van der Waals surface area contributed by atoms with E-state index in [1.54, 1.807) is 0 Å². The van der Waals surface area contributed by atoms with Crippen molar-refractivity contribution in [3.63, 3.8) is 0 Å². The molecule has 0 bridgehead atoms. The standard InChI is InChI=1S/C6H12.U.Y/c1-4-5-6(2)3;;/h6H,1-2,4-5H2,3H3;;/q-2;;. The zero-order valence-electron chi connectivity index (χ0n) is 5.48. The fourth-order valence-electron chi connectivity index (χ4n) is 0.348. The molecule has 0 nitrogen and oxygen atoms in total. The van der Waals surface area contributed by atoms with Gasteiger partial charge in [0.15, 0.2) is 0 Å². The van der Waals surface area contributed by atoms with Crippen molar-refractivity contribution >= 4 is 0 Å². The Kier molecular flexibility index (Phi) is 24.7. The van der Waals surface area contributed by atoms with Crippen LogP contribution in [0.3, 0.4) is 0 Å². The molecule has 8 heavy (non-hydrogen) atoms. The summed E-state index contributed by atoms with van der Waals surface area (Å²) in [5.41, 5.74) is 0. The monoisotopic (exact) mass is 411 g/mol. The Morgan fingerprint density at radius 1 is 1.50 bits per heavy atom. The first-order valence-corrected chi connectivity index (χ1v) is 2.39. The quantitative estimate of drug-likeness (QED) is 0.611. The molecule has 0 saturated heterocycles. The van der Waals surface area contributed by atoms with Crippen LogP contribution in [0.1, 0.15) is 19.8 Å². The molecule has 0 aromatic heterocycles. The average molecular weight is 411 g/mol. The molecular weight excluding hydrogens is 399 g/mol. The molecular formula is C6H12UY-2. The maximum absolute atomic E-state index is 3.79. The minimum absolute atomic E-state index is 0. The molecule has 0 fully saturated rings. The summed E-state index contributed by atoms with van der Waals surface area (Å²) in [5.74, 6) is 0.586. The van der Waals surface area contributed by atoms with Gasteiger partial charge in [0.1, 0.15) is 0 Å². The average Bonchev–Trinajstić information content (AvgIpc) is 1.35. The molecule has 45 valence electrons. The van der Waals surface area contributed by atoms with Crippen LogP contribution in [0.5, 0.6) is 0 Å². The van der Waals surface area contributed by atoms with E-state index in [4.69, 9.17) is 0 Å². The van der Waals surface area contributed by atoms with Crippen molar-refractivity contribution < 1.29 is 63.8 Å². The Hall–Kier alpha value is 2.16. The molecule has 0 heterocycles. The van der Waals surface area contributed by atoms with Crippen LogP contribution in [0, 0.1) is 50.9 Å². The molecule has 0 rings (SSSR count). The van der Waals surface area contributed by atoms with Crippen LogP contribution < -0.4 is 0 Å². The van der Waals surface area contributed by atoms with Gasteiger partial charge in [0, 0.05) is 63.8 Å². The first kappa shape index (κ1) is 16.6. The largest absolute Gasteiger partial charge is 0.343 e. The molecule has 1 radical (unpaired) electrons. The van der Waals surface area contributed by atoms with E-state index >= 15 is 0 Å². The van der Waals surface area contributed by atoms with E-state index in [1.807, 2.05) is 0 Å². The second kappa shape index (κ2) is 11.9. The Morgan fingerprint density at radius 3 is 1.88 bits per heavy atom. The van der Waals surface area contributed by atoms with Crippen LogP contribution in [0.2, 0.25) is 0 Å². The summed E-state index contributed by atoms with van der Waals surface area (Å²) in [4.78, 5) is 0. The Balaban J connectivity index is -0.000000125. The summed E-state index contributed by atoms with van der Waals surface area (Å²) in [7, 11) is 0. The van der Waals surface area contributed by atoms with Crippen molar-refractivity contribution in [1.29, 1.82) is 0 Å². The van der Waals surface area contributed by atoms with E-state index in [0.29, 0.717) is 5.92 Å². The van der Waals surface area contributed by atoms with E-state index < -0.39 is 0 Å². The van der Waals surface area contributed by atoms with Crippen molar-refractivity contribution in [2.75, 3.05) is 0 Å². The fraction of sp³-hybridized carbons (Fsp3) is 0.667. The maximum Gasteiger partial charge on any atom is 0 e. The van der Waals surface area contributed by atoms with E-state index in [2.05, 4.69) is 20.8 Å². The maximum atomic E-state index is 3.79. The van der Waals surface area contributed by atoms with Gasteiger partial charge in [-0.3, -0.25) is 0 Å². The van der Waals surface area contributed by atoms with Gasteiger partial charge in [0.2, 0.25) is 0 Å². The third-order valence-corrected chi connectivity index (χ3v) is 0.697. The molecule has 0 aliphatic heterocycles. The molecule has 0 N–H and O–H groups in total. The third-order valence-electron chi connectivity index (χ3n) is 0.697. The summed E-state index contributed by atoms with van der Waals surface area (Å²) in [6.07, 6.45) is 2.17. The van der Waals surface area contributed by atoms with Crippen LogP contribution in [-0.2, 0) is 32.7 Å². The smallest absolute Gasteiger partial charge is 0 e. The number of hydrogen-bond donors (Lipinski definition) is 0. The zero-order valence-corrected chi connectivity index (χ0v) is 12.5. The van der Waals surface area contributed by atoms with Gasteiger partial charge in [-0.05, 0) is 0 Å². The van der Waals surface area contributed by atoms with Crippen LogP contribution in [0.4, 0.5) is 0 Å². The summed E-state index contributed by atoms with van der Waals surface area (Å²) >= 11 is 0. The number of hydrogen-bond acceptors (Lipinski definition) is 0. The predicted molar refractivity (Wildman–Crippen MR) is 29.1 cm³/mol. The molecule has 0 spiro atoms. The van der Waals surface area contributed by atoms with E-state index in [9.17, 15) is 0 Å². The second-order valence-electron chi connectivity index (χ2n) is 1.75. The Bertz CT molecular complexity index is 29.7. The molecule has 0 saturated carbocycles. The summed E-state index contributed by atoms with van der Waals surface area (Å²) in [5, 5.41) is 0. The molecule has 0 aliphatic carbocycles. The van der Waals surface area contributed by atoms with Gasteiger partial charge in [0.25, 0.3) is 0 Å². The fourth-order valence-corrected chi connectivity index (χ4v) is 0.348. The molecule has 0 aromatic rings. The topological polar surface area (TPSA) is 0 Å². The van der Waals surface area contributed by atoms with Crippen LogP contribution in [0.15, 0.2) is 0 Å². The van der Waals surface area contributed by atoms with Gasteiger partial charge in [-0.2, -0.15) is 12.3 Å². The van der Waals surface area contributed by atoms with Crippen molar-refractivity contribution in [1.82, 2.24) is 0 Å². The Labute approximate surface area is 102 Å². The normalized spacial score (nSPS) is 10.9.